The van der Waals surface area contributed by atoms with Gasteiger partial charge in [0.05, 0.1) is 32.5 Å². The Hall–Kier alpha value is -1.57. The van der Waals surface area contributed by atoms with Crippen molar-refractivity contribution in [2.45, 2.75) is 0 Å². The zero-order valence-corrected chi connectivity index (χ0v) is 13.4. The predicted molar refractivity (Wildman–Crippen MR) is 84.5 cm³/mol. The fourth-order valence-corrected chi connectivity index (χ4v) is 2.99. The molecule has 0 bridgehead atoms. The van der Waals surface area contributed by atoms with Gasteiger partial charge in [-0.1, -0.05) is 17.7 Å². The highest BCUT2D eigenvalue weighted by Crippen LogP contribution is 2.31. The molecule has 21 heavy (non-hydrogen) atoms. The Morgan fingerprint density at radius 1 is 1.29 bits per heavy atom. The predicted octanol–water partition coefficient (Wildman–Crippen LogP) is 4.50. The van der Waals surface area contributed by atoms with Crippen LogP contribution < -0.4 is 5.32 Å². The minimum Gasteiger partial charge on any atom is -0.319 e. The van der Waals surface area contributed by atoms with Crippen LogP contribution in [0.1, 0.15) is 10.4 Å². The second-order valence-electron chi connectivity index (χ2n) is 4.11. The van der Waals surface area contributed by atoms with Gasteiger partial charge in [0.15, 0.2) is 0 Å². The van der Waals surface area contributed by atoms with Gasteiger partial charge >= 0.3 is 0 Å². The number of nitrogens with zero attached hydrogens (tertiary/aromatic N) is 2. The topological polar surface area (TPSA) is 54.9 Å². The van der Waals surface area contributed by atoms with Crippen LogP contribution in [0.4, 0.5) is 10.1 Å². The summed E-state index contributed by atoms with van der Waals surface area (Å²) in [7, 11) is 0. The molecule has 3 aromatic rings. The molecule has 106 valence electrons. The Bertz CT molecular complexity index is 855. The number of rotatable bonds is 2. The molecule has 0 fully saturated rings. The summed E-state index contributed by atoms with van der Waals surface area (Å²) in [4.78, 5) is 12.3. The third-order valence-corrected chi connectivity index (χ3v) is 4.48. The average molecular weight is 387 g/mol. The lowest BCUT2D eigenvalue weighted by Crippen LogP contribution is -2.13. The molecule has 8 heteroatoms. The van der Waals surface area contributed by atoms with E-state index < -0.39 is 11.7 Å². The van der Waals surface area contributed by atoms with Crippen molar-refractivity contribution in [1.82, 2.24) is 8.75 Å². The molecule has 3 rings (SSSR count). The standard InChI is InChI=1S/C13H6BrClFN3OS/c14-10-6(2-1-3-8(10)16)13(20)17-11-7(15)4-5-9-12(11)19-21-18-9/h1-5H,(H,17,20). The van der Waals surface area contributed by atoms with E-state index in [0.717, 1.165) is 11.7 Å². The van der Waals surface area contributed by atoms with E-state index in [1.807, 2.05) is 0 Å². The van der Waals surface area contributed by atoms with Crippen molar-refractivity contribution in [3.05, 3.63) is 51.2 Å². The number of nitrogens with one attached hydrogen (secondary N) is 1. The van der Waals surface area contributed by atoms with Gasteiger partial charge in [-0.15, -0.1) is 0 Å². The van der Waals surface area contributed by atoms with Gasteiger partial charge in [-0.2, -0.15) is 8.75 Å². The summed E-state index contributed by atoms with van der Waals surface area (Å²) in [6, 6.07) is 7.58. The molecule has 0 saturated heterocycles. The molecule has 1 amide bonds. The zero-order chi connectivity index (χ0) is 15.0. The van der Waals surface area contributed by atoms with Crippen molar-refractivity contribution >= 4 is 61.9 Å². The van der Waals surface area contributed by atoms with E-state index in [-0.39, 0.29) is 10.0 Å². The SMILES string of the molecule is O=C(Nc1c(Cl)ccc2nsnc12)c1cccc(F)c1Br. The van der Waals surface area contributed by atoms with Crippen LogP contribution in [0.25, 0.3) is 11.0 Å². The van der Waals surface area contributed by atoms with Crippen molar-refractivity contribution in [2.24, 2.45) is 0 Å². The van der Waals surface area contributed by atoms with Crippen molar-refractivity contribution in [3.63, 3.8) is 0 Å². The second-order valence-corrected chi connectivity index (χ2v) is 5.84. The van der Waals surface area contributed by atoms with Gasteiger partial charge in [0.2, 0.25) is 0 Å². The summed E-state index contributed by atoms with van der Waals surface area (Å²) in [6.45, 7) is 0. The van der Waals surface area contributed by atoms with E-state index in [9.17, 15) is 9.18 Å². The summed E-state index contributed by atoms with van der Waals surface area (Å²) in [5, 5.41) is 3.00. The maximum Gasteiger partial charge on any atom is 0.257 e. The van der Waals surface area contributed by atoms with Gasteiger partial charge in [0.25, 0.3) is 5.91 Å². The lowest BCUT2D eigenvalue weighted by Gasteiger charge is -2.09. The number of anilines is 1. The van der Waals surface area contributed by atoms with Gasteiger partial charge in [-0.05, 0) is 40.2 Å². The average Bonchev–Trinajstić information content (AvgIpc) is 2.93. The van der Waals surface area contributed by atoms with E-state index in [1.165, 1.54) is 18.2 Å². The molecule has 2 aromatic carbocycles. The number of benzene rings is 2. The Morgan fingerprint density at radius 2 is 2.10 bits per heavy atom. The molecule has 0 spiro atoms. The Labute approximate surface area is 136 Å². The number of carbonyl (C=O) groups excluding carboxylic acids is 1. The fraction of sp³-hybridized carbons (Fsp3) is 0. The Kier molecular flexibility index (Phi) is 3.88. The smallest absolute Gasteiger partial charge is 0.257 e. The summed E-state index contributed by atoms with van der Waals surface area (Å²) < 4.78 is 21.8. The van der Waals surface area contributed by atoms with Crippen molar-refractivity contribution in [1.29, 1.82) is 0 Å². The van der Waals surface area contributed by atoms with Crippen molar-refractivity contribution in [3.8, 4) is 0 Å². The van der Waals surface area contributed by atoms with Crippen LogP contribution >= 0.6 is 39.3 Å². The van der Waals surface area contributed by atoms with Crippen molar-refractivity contribution < 1.29 is 9.18 Å². The number of amides is 1. The molecule has 0 radical (unpaired) electrons. The molecule has 1 aromatic heterocycles. The molecular weight excluding hydrogens is 381 g/mol. The third kappa shape index (κ3) is 2.64. The number of halogens is 3. The van der Waals surface area contributed by atoms with Crippen LogP contribution in [-0.4, -0.2) is 14.7 Å². The van der Waals surface area contributed by atoms with E-state index in [4.69, 9.17) is 11.6 Å². The molecule has 0 aliphatic rings. The quantitative estimate of drug-likeness (QED) is 0.705. The second kappa shape index (κ2) is 5.67. The lowest BCUT2D eigenvalue weighted by molar-refractivity contribution is 0.102. The number of hydrogen-bond acceptors (Lipinski definition) is 4. The Balaban J connectivity index is 2.02. The van der Waals surface area contributed by atoms with Gasteiger partial charge in [-0.25, -0.2) is 4.39 Å². The van der Waals surface area contributed by atoms with E-state index in [1.54, 1.807) is 12.1 Å². The molecule has 0 saturated carbocycles. The molecular formula is C13H6BrClFN3OS. The molecule has 0 aliphatic heterocycles. The van der Waals surface area contributed by atoms with Crippen LogP contribution in [0.3, 0.4) is 0 Å². The Morgan fingerprint density at radius 3 is 2.90 bits per heavy atom. The maximum absolute atomic E-state index is 13.5. The van der Waals surface area contributed by atoms with Gasteiger partial charge < -0.3 is 5.32 Å². The molecule has 1 heterocycles. The van der Waals surface area contributed by atoms with Gasteiger partial charge in [-0.3, -0.25) is 4.79 Å². The third-order valence-electron chi connectivity index (χ3n) is 2.81. The van der Waals surface area contributed by atoms with Gasteiger partial charge in [0.1, 0.15) is 16.9 Å². The van der Waals surface area contributed by atoms with Crippen LogP contribution in [0, 0.1) is 5.82 Å². The normalized spacial score (nSPS) is 10.8. The van der Waals surface area contributed by atoms with Crippen LogP contribution in [0.2, 0.25) is 5.02 Å². The number of carbonyl (C=O) groups is 1. The molecule has 0 atom stereocenters. The largest absolute Gasteiger partial charge is 0.319 e. The molecule has 1 N–H and O–H groups in total. The highest BCUT2D eigenvalue weighted by atomic mass is 79.9. The summed E-state index contributed by atoms with van der Waals surface area (Å²) in [5.74, 6) is -0.994. The first-order valence-electron chi connectivity index (χ1n) is 5.74. The highest BCUT2D eigenvalue weighted by Gasteiger charge is 2.17. The summed E-state index contributed by atoms with van der Waals surface area (Å²) >= 11 is 10.2. The van der Waals surface area contributed by atoms with Gasteiger partial charge in [0, 0.05) is 0 Å². The first kappa shape index (κ1) is 14.4. The minimum atomic E-state index is -0.512. The first-order chi connectivity index (χ1) is 10.1. The summed E-state index contributed by atoms with van der Waals surface area (Å²) in [5.41, 5.74) is 1.68. The molecule has 4 nitrogen and oxygen atoms in total. The van der Waals surface area contributed by atoms with E-state index in [2.05, 4.69) is 30.0 Å². The number of aromatic nitrogens is 2. The highest BCUT2D eigenvalue weighted by molar-refractivity contribution is 9.10. The fourth-order valence-electron chi connectivity index (χ4n) is 1.81. The number of fused-ring (bicyclic) bond motifs is 1. The maximum atomic E-state index is 13.5. The molecule has 0 unspecified atom stereocenters. The van der Waals surface area contributed by atoms with Crippen molar-refractivity contribution in [2.75, 3.05) is 5.32 Å². The molecule has 0 aliphatic carbocycles. The van der Waals surface area contributed by atoms with E-state index in [0.29, 0.717) is 21.7 Å². The first-order valence-corrected chi connectivity index (χ1v) is 7.64. The van der Waals surface area contributed by atoms with Crippen LogP contribution in [0.15, 0.2) is 34.8 Å². The van der Waals surface area contributed by atoms with E-state index >= 15 is 0 Å². The minimum absolute atomic E-state index is 0.0993. The summed E-state index contributed by atoms with van der Waals surface area (Å²) in [6.07, 6.45) is 0. The van der Waals surface area contributed by atoms with Crippen LogP contribution in [0.5, 0.6) is 0 Å². The zero-order valence-electron chi connectivity index (χ0n) is 10.2. The number of hydrogen-bond donors (Lipinski definition) is 1. The monoisotopic (exact) mass is 385 g/mol. The lowest BCUT2D eigenvalue weighted by atomic mass is 10.2. The van der Waals surface area contributed by atoms with Crippen LogP contribution in [-0.2, 0) is 0 Å².